The molecule has 1 saturated heterocycles. The van der Waals surface area contributed by atoms with E-state index < -0.39 is 0 Å². The van der Waals surface area contributed by atoms with Crippen LogP contribution < -0.4 is 16.2 Å². The summed E-state index contributed by atoms with van der Waals surface area (Å²) in [5.41, 5.74) is 7.00. The number of nitrogens with two attached hydrogens (primary N) is 1. The Balaban J connectivity index is 2.25. The highest BCUT2D eigenvalue weighted by atomic mass is 79.9. The van der Waals surface area contributed by atoms with Gasteiger partial charge in [0.1, 0.15) is 4.47 Å². The second-order valence-electron chi connectivity index (χ2n) is 6.29. The van der Waals surface area contributed by atoms with E-state index in [1.54, 1.807) is 6.20 Å². The zero-order valence-electron chi connectivity index (χ0n) is 13.1. The van der Waals surface area contributed by atoms with Crippen molar-refractivity contribution in [3.05, 3.63) is 21.0 Å². The lowest BCUT2D eigenvalue weighted by Crippen LogP contribution is -2.47. The summed E-state index contributed by atoms with van der Waals surface area (Å²) in [6, 6.07) is 0.263. The lowest BCUT2D eigenvalue weighted by Gasteiger charge is -2.38. The molecule has 0 bridgehead atoms. The molecule has 21 heavy (non-hydrogen) atoms. The van der Waals surface area contributed by atoms with E-state index in [-0.39, 0.29) is 11.6 Å². The van der Waals surface area contributed by atoms with E-state index in [0.717, 1.165) is 31.6 Å². The van der Waals surface area contributed by atoms with Crippen LogP contribution in [0.3, 0.4) is 0 Å². The fourth-order valence-electron chi connectivity index (χ4n) is 2.85. The Morgan fingerprint density at radius 2 is 2.24 bits per heavy atom. The number of piperidine rings is 1. The molecule has 0 aromatic carbocycles. The number of aromatic nitrogens is 2. The third kappa shape index (κ3) is 3.66. The first-order chi connectivity index (χ1) is 9.93. The highest BCUT2D eigenvalue weighted by molar-refractivity contribution is 9.10. The summed E-state index contributed by atoms with van der Waals surface area (Å²) < 4.78 is 2.15. The van der Waals surface area contributed by atoms with Crippen LogP contribution in [0, 0.1) is 11.8 Å². The summed E-state index contributed by atoms with van der Waals surface area (Å²) in [6.45, 7) is 8.74. The molecule has 6 heteroatoms. The van der Waals surface area contributed by atoms with E-state index in [1.807, 2.05) is 0 Å². The summed E-state index contributed by atoms with van der Waals surface area (Å²) in [6.07, 6.45) is 3.82. The highest BCUT2D eigenvalue weighted by Crippen LogP contribution is 2.27. The molecular weight excluding hydrogens is 332 g/mol. The minimum absolute atomic E-state index is 0.0517. The maximum absolute atomic E-state index is 12.4. The van der Waals surface area contributed by atoms with Gasteiger partial charge in [0.05, 0.1) is 11.9 Å². The van der Waals surface area contributed by atoms with E-state index in [9.17, 15) is 4.79 Å². The summed E-state index contributed by atoms with van der Waals surface area (Å²) in [7, 11) is 0. The molecule has 2 N–H and O–H groups in total. The Kier molecular flexibility index (Phi) is 5.43. The van der Waals surface area contributed by atoms with Gasteiger partial charge < -0.3 is 10.6 Å². The number of nitrogens with zero attached hydrogens (tertiary/aromatic N) is 3. The first-order valence-corrected chi connectivity index (χ1v) is 8.49. The molecule has 1 aromatic heterocycles. The van der Waals surface area contributed by atoms with Gasteiger partial charge in [-0.05, 0) is 34.2 Å². The molecule has 5 nitrogen and oxygen atoms in total. The minimum atomic E-state index is -0.0517. The van der Waals surface area contributed by atoms with Crippen molar-refractivity contribution in [2.75, 3.05) is 18.0 Å². The van der Waals surface area contributed by atoms with Crippen molar-refractivity contribution >= 4 is 21.6 Å². The van der Waals surface area contributed by atoms with Crippen LogP contribution in [0.2, 0.25) is 0 Å². The third-order valence-electron chi connectivity index (χ3n) is 4.16. The topological polar surface area (TPSA) is 64.2 Å². The Bertz CT molecular complexity index is 543. The molecule has 2 atom stereocenters. The Hall–Kier alpha value is -0.880. The van der Waals surface area contributed by atoms with Gasteiger partial charge in [-0.2, -0.15) is 5.10 Å². The standard InChI is InChI=1S/C15H25BrN4O/c1-4-11-9-19(6-5-12(11)17)13-7-18-20(8-10(2)3)15(21)14(13)16/h7,10-12H,4-6,8-9,17H2,1-3H3. The Morgan fingerprint density at radius 1 is 1.52 bits per heavy atom. The van der Waals surface area contributed by atoms with Gasteiger partial charge in [0.15, 0.2) is 0 Å². The molecule has 0 radical (unpaired) electrons. The molecule has 0 aliphatic carbocycles. The van der Waals surface area contributed by atoms with Gasteiger partial charge in [0.2, 0.25) is 0 Å². The predicted molar refractivity (Wildman–Crippen MR) is 89.6 cm³/mol. The van der Waals surface area contributed by atoms with Gasteiger partial charge in [-0.15, -0.1) is 0 Å². The third-order valence-corrected chi connectivity index (χ3v) is 4.91. The molecule has 0 amide bonds. The predicted octanol–water partition coefficient (Wildman–Crippen LogP) is 2.23. The fourth-order valence-corrected chi connectivity index (χ4v) is 3.41. The van der Waals surface area contributed by atoms with Crippen LogP contribution in [-0.2, 0) is 6.54 Å². The van der Waals surface area contributed by atoms with Crippen LogP contribution in [0.25, 0.3) is 0 Å². The van der Waals surface area contributed by atoms with Gasteiger partial charge in [0, 0.05) is 25.7 Å². The number of anilines is 1. The van der Waals surface area contributed by atoms with Crippen molar-refractivity contribution in [1.82, 2.24) is 9.78 Å². The van der Waals surface area contributed by atoms with E-state index in [4.69, 9.17) is 5.73 Å². The first kappa shape index (κ1) is 16.5. The maximum Gasteiger partial charge on any atom is 0.283 e. The average Bonchev–Trinajstić information content (AvgIpc) is 2.45. The molecule has 2 rings (SSSR count). The van der Waals surface area contributed by atoms with E-state index in [2.05, 4.69) is 46.7 Å². The van der Waals surface area contributed by atoms with Crippen molar-refractivity contribution in [3.8, 4) is 0 Å². The van der Waals surface area contributed by atoms with Crippen LogP contribution in [0.4, 0.5) is 5.69 Å². The second kappa shape index (κ2) is 6.92. The smallest absolute Gasteiger partial charge is 0.283 e. The molecule has 1 aromatic rings. The molecule has 2 heterocycles. The van der Waals surface area contributed by atoms with Crippen LogP contribution >= 0.6 is 15.9 Å². The van der Waals surface area contributed by atoms with Gasteiger partial charge in [-0.25, -0.2) is 4.68 Å². The van der Waals surface area contributed by atoms with Crippen LogP contribution in [0.15, 0.2) is 15.5 Å². The van der Waals surface area contributed by atoms with Crippen LogP contribution in [0.5, 0.6) is 0 Å². The molecule has 0 saturated carbocycles. The largest absolute Gasteiger partial charge is 0.369 e. The highest BCUT2D eigenvalue weighted by Gasteiger charge is 2.27. The summed E-state index contributed by atoms with van der Waals surface area (Å²) in [5, 5.41) is 4.33. The lowest BCUT2D eigenvalue weighted by atomic mass is 9.90. The van der Waals surface area contributed by atoms with Crippen molar-refractivity contribution in [1.29, 1.82) is 0 Å². The molecule has 1 aliphatic heterocycles. The zero-order valence-corrected chi connectivity index (χ0v) is 14.6. The summed E-state index contributed by atoms with van der Waals surface area (Å²) in [5.74, 6) is 0.870. The summed E-state index contributed by atoms with van der Waals surface area (Å²) >= 11 is 3.47. The quantitative estimate of drug-likeness (QED) is 0.898. The lowest BCUT2D eigenvalue weighted by molar-refractivity contribution is 0.347. The van der Waals surface area contributed by atoms with Gasteiger partial charge >= 0.3 is 0 Å². The van der Waals surface area contributed by atoms with Gasteiger partial charge in [0.25, 0.3) is 5.56 Å². The molecular formula is C15H25BrN4O. The fraction of sp³-hybridized carbons (Fsp3) is 0.733. The average molecular weight is 357 g/mol. The van der Waals surface area contributed by atoms with Crippen molar-refractivity contribution in [2.45, 2.75) is 46.2 Å². The minimum Gasteiger partial charge on any atom is -0.369 e. The van der Waals surface area contributed by atoms with Gasteiger partial charge in [-0.3, -0.25) is 4.79 Å². The van der Waals surface area contributed by atoms with Crippen molar-refractivity contribution in [2.24, 2.45) is 17.6 Å². The Labute approximate surface area is 134 Å². The molecule has 118 valence electrons. The van der Waals surface area contributed by atoms with E-state index >= 15 is 0 Å². The van der Waals surface area contributed by atoms with E-state index in [1.165, 1.54) is 4.68 Å². The van der Waals surface area contributed by atoms with E-state index in [0.29, 0.717) is 22.9 Å². The molecule has 1 aliphatic rings. The number of hydrogen-bond acceptors (Lipinski definition) is 4. The number of hydrogen-bond donors (Lipinski definition) is 1. The normalized spacial score (nSPS) is 22.9. The maximum atomic E-state index is 12.4. The first-order valence-electron chi connectivity index (χ1n) is 7.70. The molecule has 2 unspecified atom stereocenters. The van der Waals surface area contributed by atoms with Crippen molar-refractivity contribution < 1.29 is 0 Å². The Morgan fingerprint density at radius 3 is 2.86 bits per heavy atom. The second-order valence-corrected chi connectivity index (χ2v) is 7.08. The summed E-state index contributed by atoms with van der Waals surface area (Å²) in [4.78, 5) is 14.6. The van der Waals surface area contributed by atoms with Crippen LogP contribution in [-0.4, -0.2) is 28.9 Å². The molecule has 1 fully saturated rings. The number of halogens is 1. The van der Waals surface area contributed by atoms with Crippen LogP contribution in [0.1, 0.15) is 33.6 Å². The zero-order chi connectivity index (χ0) is 15.6. The van der Waals surface area contributed by atoms with Crippen molar-refractivity contribution in [3.63, 3.8) is 0 Å². The number of rotatable bonds is 4. The monoisotopic (exact) mass is 356 g/mol. The SMILES string of the molecule is CCC1CN(c2cnn(CC(C)C)c(=O)c2Br)CCC1N. The van der Waals surface area contributed by atoms with Gasteiger partial charge in [-0.1, -0.05) is 27.2 Å². The molecule has 0 spiro atoms.